The molecule has 8 heteroatoms. The van der Waals surface area contributed by atoms with Gasteiger partial charge in [-0.15, -0.1) is 0 Å². The SMILES string of the molecule is O=C(NCCCOCC1CC1)C1CCN(S(=O)(=O)c2cccnc2)CC1. The van der Waals surface area contributed by atoms with Crippen LogP contribution in [0.5, 0.6) is 0 Å². The summed E-state index contributed by atoms with van der Waals surface area (Å²) in [6.45, 7) is 2.85. The Morgan fingerprint density at radius 2 is 2.04 bits per heavy atom. The summed E-state index contributed by atoms with van der Waals surface area (Å²) in [7, 11) is -3.52. The molecule has 2 heterocycles. The molecule has 26 heavy (non-hydrogen) atoms. The van der Waals surface area contributed by atoms with E-state index in [0.29, 0.717) is 39.1 Å². The van der Waals surface area contributed by atoms with Crippen LogP contribution in [-0.4, -0.2) is 56.5 Å². The van der Waals surface area contributed by atoms with Crippen molar-refractivity contribution in [3.8, 4) is 0 Å². The highest BCUT2D eigenvalue weighted by Crippen LogP contribution is 2.28. The van der Waals surface area contributed by atoms with Gasteiger partial charge in [-0.2, -0.15) is 4.31 Å². The molecule has 0 bridgehead atoms. The summed E-state index contributed by atoms with van der Waals surface area (Å²) in [6.07, 6.45) is 7.38. The van der Waals surface area contributed by atoms with Crippen molar-refractivity contribution in [2.75, 3.05) is 32.8 Å². The fraction of sp³-hybridized carbons (Fsp3) is 0.667. The molecule has 1 saturated heterocycles. The quantitative estimate of drug-likeness (QED) is 0.654. The first kappa shape index (κ1) is 19.3. The van der Waals surface area contributed by atoms with E-state index in [9.17, 15) is 13.2 Å². The van der Waals surface area contributed by atoms with Gasteiger partial charge in [-0.25, -0.2) is 8.42 Å². The first-order valence-electron chi connectivity index (χ1n) is 9.33. The number of carbonyl (C=O) groups is 1. The highest BCUT2D eigenvalue weighted by molar-refractivity contribution is 7.89. The second-order valence-corrected chi connectivity index (χ2v) is 8.97. The Bertz CT molecular complexity index is 684. The van der Waals surface area contributed by atoms with Crippen molar-refractivity contribution in [2.24, 2.45) is 11.8 Å². The lowest BCUT2D eigenvalue weighted by atomic mass is 9.97. The van der Waals surface area contributed by atoms with Crippen molar-refractivity contribution in [1.82, 2.24) is 14.6 Å². The monoisotopic (exact) mass is 381 g/mol. The van der Waals surface area contributed by atoms with Gasteiger partial charge in [-0.3, -0.25) is 9.78 Å². The van der Waals surface area contributed by atoms with Crippen molar-refractivity contribution in [3.05, 3.63) is 24.5 Å². The first-order valence-corrected chi connectivity index (χ1v) is 10.8. The topological polar surface area (TPSA) is 88.6 Å². The highest BCUT2D eigenvalue weighted by atomic mass is 32.2. The lowest BCUT2D eigenvalue weighted by Crippen LogP contribution is -2.43. The minimum atomic E-state index is -3.52. The normalized spacial score (nSPS) is 19.4. The number of pyridine rings is 1. The van der Waals surface area contributed by atoms with Crippen LogP contribution in [0.25, 0.3) is 0 Å². The van der Waals surface area contributed by atoms with Crippen LogP contribution in [0.1, 0.15) is 32.1 Å². The predicted octanol–water partition coefficient (Wildman–Crippen LogP) is 1.42. The average molecular weight is 381 g/mol. The van der Waals surface area contributed by atoms with Crippen molar-refractivity contribution >= 4 is 15.9 Å². The van der Waals surface area contributed by atoms with Gasteiger partial charge >= 0.3 is 0 Å². The Labute approximate surface area is 155 Å². The second kappa shape index (κ2) is 8.92. The van der Waals surface area contributed by atoms with E-state index >= 15 is 0 Å². The molecule has 1 N–H and O–H groups in total. The van der Waals surface area contributed by atoms with E-state index in [-0.39, 0.29) is 16.7 Å². The average Bonchev–Trinajstić information content (AvgIpc) is 3.49. The largest absolute Gasteiger partial charge is 0.381 e. The van der Waals surface area contributed by atoms with Gasteiger partial charge in [0.25, 0.3) is 0 Å². The first-order chi connectivity index (χ1) is 12.6. The number of ether oxygens (including phenoxy) is 1. The molecule has 2 fully saturated rings. The number of carbonyl (C=O) groups excluding carboxylic acids is 1. The molecular formula is C18H27N3O4S. The molecule has 2 aliphatic rings. The lowest BCUT2D eigenvalue weighted by molar-refractivity contribution is -0.126. The second-order valence-electron chi connectivity index (χ2n) is 7.03. The number of hydrogen-bond acceptors (Lipinski definition) is 5. The Hall–Kier alpha value is -1.51. The van der Waals surface area contributed by atoms with Gasteiger partial charge in [-0.1, -0.05) is 0 Å². The molecule has 144 valence electrons. The van der Waals surface area contributed by atoms with Crippen LogP contribution in [0, 0.1) is 11.8 Å². The zero-order valence-electron chi connectivity index (χ0n) is 15.0. The van der Waals surface area contributed by atoms with E-state index in [2.05, 4.69) is 10.3 Å². The molecule has 0 atom stereocenters. The number of aromatic nitrogens is 1. The molecule has 1 aromatic rings. The van der Waals surface area contributed by atoms with E-state index in [1.165, 1.54) is 23.3 Å². The zero-order valence-corrected chi connectivity index (χ0v) is 15.8. The Morgan fingerprint density at radius 3 is 2.69 bits per heavy atom. The number of rotatable bonds is 9. The van der Waals surface area contributed by atoms with E-state index < -0.39 is 10.0 Å². The van der Waals surface area contributed by atoms with Crippen molar-refractivity contribution in [2.45, 2.75) is 37.0 Å². The number of piperidine rings is 1. The van der Waals surface area contributed by atoms with Gasteiger partial charge in [0.15, 0.2) is 0 Å². The number of amides is 1. The van der Waals surface area contributed by atoms with Crippen LogP contribution in [0.15, 0.2) is 29.4 Å². The summed E-state index contributed by atoms with van der Waals surface area (Å²) in [4.78, 5) is 16.3. The zero-order chi connectivity index (χ0) is 18.4. The Kier molecular flexibility index (Phi) is 6.61. The maximum atomic E-state index is 12.6. The number of nitrogens with zero attached hydrogens (tertiary/aromatic N) is 2. The third kappa shape index (κ3) is 5.25. The molecule has 1 aliphatic heterocycles. The fourth-order valence-electron chi connectivity index (χ4n) is 3.07. The molecule has 0 radical (unpaired) electrons. The summed E-state index contributed by atoms with van der Waals surface area (Å²) >= 11 is 0. The summed E-state index contributed by atoms with van der Waals surface area (Å²) in [5.41, 5.74) is 0. The predicted molar refractivity (Wildman–Crippen MR) is 96.9 cm³/mol. The Balaban J connectivity index is 1.36. The van der Waals surface area contributed by atoms with Gasteiger partial charge in [0, 0.05) is 51.2 Å². The molecule has 1 aliphatic carbocycles. The van der Waals surface area contributed by atoms with Gasteiger partial charge < -0.3 is 10.1 Å². The van der Waals surface area contributed by atoms with E-state index in [1.54, 1.807) is 18.3 Å². The molecule has 1 aromatic heterocycles. The van der Waals surface area contributed by atoms with Crippen molar-refractivity contribution in [3.63, 3.8) is 0 Å². The minimum Gasteiger partial charge on any atom is -0.381 e. The van der Waals surface area contributed by atoms with Crippen LogP contribution in [0.3, 0.4) is 0 Å². The molecule has 0 aromatic carbocycles. The third-order valence-electron chi connectivity index (χ3n) is 4.91. The number of nitrogens with one attached hydrogen (secondary N) is 1. The summed E-state index contributed by atoms with van der Waals surface area (Å²) in [5, 5.41) is 2.94. The molecule has 1 saturated carbocycles. The van der Waals surface area contributed by atoms with Gasteiger partial charge in [0.2, 0.25) is 15.9 Å². The van der Waals surface area contributed by atoms with Crippen molar-refractivity contribution in [1.29, 1.82) is 0 Å². The van der Waals surface area contributed by atoms with Gasteiger partial charge in [-0.05, 0) is 50.2 Å². The minimum absolute atomic E-state index is 0.0191. The molecule has 7 nitrogen and oxygen atoms in total. The standard InChI is InChI=1S/C18H27N3O4S/c22-18(20-9-2-12-25-14-15-4-5-15)16-6-10-21(11-7-16)26(23,24)17-3-1-8-19-13-17/h1,3,8,13,15-16H,2,4-7,9-12,14H2,(H,20,22). The Morgan fingerprint density at radius 1 is 1.27 bits per heavy atom. The molecule has 0 unspecified atom stereocenters. The maximum absolute atomic E-state index is 12.6. The fourth-order valence-corrected chi connectivity index (χ4v) is 4.51. The number of sulfonamides is 1. The van der Waals surface area contributed by atoms with Gasteiger partial charge in [0.1, 0.15) is 4.90 Å². The van der Waals surface area contributed by atoms with Crippen LogP contribution in [0.4, 0.5) is 0 Å². The number of hydrogen-bond donors (Lipinski definition) is 1. The highest BCUT2D eigenvalue weighted by Gasteiger charge is 2.32. The molecule has 0 spiro atoms. The smallest absolute Gasteiger partial charge is 0.244 e. The molecular weight excluding hydrogens is 354 g/mol. The van der Waals surface area contributed by atoms with Gasteiger partial charge in [0.05, 0.1) is 0 Å². The lowest BCUT2D eigenvalue weighted by Gasteiger charge is -2.30. The summed E-state index contributed by atoms with van der Waals surface area (Å²) in [6, 6.07) is 3.16. The van der Waals surface area contributed by atoms with Crippen molar-refractivity contribution < 1.29 is 17.9 Å². The maximum Gasteiger partial charge on any atom is 0.244 e. The third-order valence-corrected chi connectivity index (χ3v) is 6.79. The summed E-state index contributed by atoms with van der Waals surface area (Å²) < 4.78 is 32.1. The van der Waals surface area contributed by atoms with Crippen LogP contribution in [0.2, 0.25) is 0 Å². The van der Waals surface area contributed by atoms with E-state index in [1.807, 2.05) is 0 Å². The van der Waals surface area contributed by atoms with E-state index in [0.717, 1.165) is 18.9 Å². The van der Waals surface area contributed by atoms with E-state index in [4.69, 9.17) is 4.74 Å². The summed E-state index contributed by atoms with van der Waals surface area (Å²) in [5.74, 6) is 0.658. The molecule has 1 amide bonds. The van der Waals surface area contributed by atoms with Crippen LogP contribution in [-0.2, 0) is 19.6 Å². The molecule has 3 rings (SSSR count). The van der Waals surface area contributed by atoms with Crippen LogP contribution < -0.4 is 5.32 Å². The van der Waals surface area contributed by atoms with Crippen LogP contribution >= 0.6 is 0 Å².